The Balaban J connectivity index is 2.57. The van der Waals surface area contributed by atoms with Gasteiger partial charge in [-0.25, -0.2) is 8.78 Å². The Morgan fingerprint density at radius 1 is 1.06 bits per heavy atom. The molecular weight excluding hydrogens is 220 g/mol. The molecule has 2 atom stereocenters. The maximum atomic E-state index is 13.0. The van der Waals surface area contributed by atoms with Crippen LogP contribution in [-0.2, 0) is 6.42 Å². The normalized spacial score (nSPS) is 14.6. The highest BCUT2D eigenvalue weighted by Gasteiger charge is 2.13. The summed E-state index contributed by atoms with van der Waals surface area (Å²) in [7, 11) is 0. The highest BCUT2D eigenvalue weighted by molar-refractivity contribution is 5.18. The number of benzene rings is 1. The van der Waals surface area contributed by atoms with Gasteiger partial charge >= 0.3 is 0 Å². The predicted octanol–water partition coefficient (Wildman–Crippen LogP) is 3.39. The summed E-state index contributed by atoms with van der Waals surface area (Å²) in [5, 5.41) is 3.29. The second kappa shape index (κ2) is 6.70. The monoisotopic (exact) mass is 241 g/mol. The van der Waals surface area contributed by atoms with Crippen LogP contribution in [-0.4, -0.2) is 13.1 Å². The molecule has 3 heteroatoms. The zero-order valence-corrected chi connectivity index (χ0v) is 10.8. The van der Waals surface area contributed by atoms with Crippen molar-refractivity contribution in [2.75, 3.05) is 13.1 Å². The van der Waals surface area contributed by atoms with Crippen LogP contribution in [0.4, 0.5) is 8.78 Å². The van der Waals surface area contributed by atoms with Crippen molar-refractivity contribution in [3.05, 3.63) is 35.4 Å². The molecule has 0 aromatic heterocycles. The van der Waals surface area contributed by atoms with Gasteiger partial charge in [-0.3, -0.25) is 0 Å². The third-order valence-electron chi connectivity index (χ3n) is 3.17. The molecule has 0 aliphatic rings. The lowest BCUT2D eigenvalue weighted by molar-refractivity contribution is 0.367. The van der Waals surface area contributed by atoms with E-state index in [1.807, 2.05) is 0 Å². The molecule has 1 rings (SSSR count). The van der Waals surface area contributed by atoms with E-state index >= 15 is 0 Å². The molecule has 0 bridgehead atoms. The first-order valence-electron chi connectivity index (χ1n) is 6.18. The number of rotatable bonds is 6. The standard InChI is InChI=1S/C14H21F2N/c1-4-17-9-11(3)10(2)5-12-6-13(15)8-14(16)7-12/h6-8,10-11,17H,4-5,9H2,1-3H3. The van der Waals surface area contributed by atoms with E-state index in [1.54, 1.807) is 0 Å². The summed E-state index contributed by atoms with van der Waals surface area (Å²) < 4.78 is 26.1. The molecule has 1 aromatic carbocycles. The van der Waals surface area contributed by atoms with Crippen molar-refractivity contribution >= 4 is 0 Å². The van der Waals surface area contributed by atoms with E-state index in [4.69, 9.17) is 0 Å². The maximum absolute atomic E-state index is 13.0. The molecular formula is C14H21F2N. The summed E-state index contributed by atoms with van der Waals surface area (Å²) >= 11 is 0. The van der Waals surface area contributed by atoms with Crippen molar-refractivity contribution in [2.24, 2.45) is 11.8 Å². The Labute approximate surface area is 102 Å². The molecule has 96 valence electrons. The van der Waals surface area contributed by atoms with Gasteiger partial charge in [0, 0.05) is 6.07 Å². The average Bonchev–Trinajstić information content (AvgIpc) is 2.24. The van der Waals surface area contributed by atoms with Crippen LogP contribution < -0.4 is 5.32 Å². The lowest BCUT2D eigenvalue weighted by atomic mass is 9.89. The van der Waals surface area contributed by atoms with Gasteiger partial charge in [-0.05, 0) is 49.0 Å². The van der Waals surface area contributed by atoms with Gasteiger partial charge in [-0.2, -0.15) is 0 Å². The summed E-state index contributed by atoms with van der Waals surface area (Å²) in [5.74, 6) is -0.102. The fourth-order valence-corrected chi connectivity index (χ4v) is 1.87. The van der Waals surface area contributed by atoms with Crippen LogP contribution in [0.15, 0.2) is 18.2 Å². The summed E-state index contributed by atoms with van der Waals surface area (Å²) in [6.07, 6.45) is 0.710. The minimum absolute atomic E-state index is 0.398. The molecule has 0 aliphatic carbocycles. The summed E-state index contributed by atoms with van der Waals surface area (Å²) in [5.41, 5.74) is 0.735. The fourth-order valence-electron chi connectivity index (χ4n) is 1.87. The van der Waals surface area contributed by atoms with E-state index in [0.717, 1.165) is 24.7 Å². The van der Waals surface area contributed by atoms with Crippen molar-refractivity contribution in [3.63, 3.8) is 0 Å². The zero-order chi connectivity index (χ0) is 12.8. The molecule has 1 nitrogen and oxygen atoms in total. The van der Waals surface area contributed by atoms with E-state index in [0.29, 0.717) is 18.3 Å². The summed E-state index contributed by atoms with van der Waals surface area (Å²) in [4.78, 5) is 0. The van der Waals surface area contributed by atoms with E-state index in [-0.39, 0.29) is 0 Å². The van der Waals surface area contributed by atoms with Crippen LogP contribution in [0, 0.1) is 23.5 Å². The molecule has 0 amide bonds. The first kappa shape index (κ1) is 14.1. The number of hydrogen-bond acceptors (Lipinski definition) is 1. The van der Waals surface area contributed by atoms with E-state index in [2.05, 4.69) is 26.1 Å². The average molecular weight is 241 g/mol. The smallest absolute Gasteiger partial charge is 0.126 e. The molecule has 1 N–H and O–H groups in total. The van der Waals surface area contributed by atoms with Gasteiger partial charge in [0.05, 0.1) is 0 Å². The lowest BCUT2D eigenvalue weighted by Gasteiger charge is -2.20. The zero-order valence-electron chi connectivity index (χ0n) is 10.8. The fraction of sp³-hybridized carbons (Fsp3) is 0.571. The van der Waals surface area contributed by atoms with Crippen molar-refractivity contribution < 1.29 is 8.78 Å². The molecule has 0 radical (unpaired) electrons. The molecule has 0 saturated carbocycles. The van der Waals surface area contributed by atoms with Crippen LogP contribution in [0.1, 0.15) is 26.3 Å². The second-order valence-electron chi connectivity index (χ2n) is 4.74. The second-order valence-corrected chi connectivity index (χ2v) is 4.74. The van der Waals surface area contributed by atoms with Gasteiger partial charge < -0.3 is 5.32 Å². The van der Waals surface area contributed by atoms with Gasteiger partial charge in [-0.1, -0.05) is 20.8 Å². The van der Waals surface area contributed by atoms with Gasteiger partial charge in [0.25, 0.3) is 0 Å². The maximum Gasteiger partial charge on any atom is 0.126 e. The molecule has 0 spiro atoms. The molecule has 1 aromatic rings. The van der Waals surface area contributed by atoms with E-state index in [9.17, 15) is 8.78 Å². The number of halogens is 2. The third kappa shape index (κ3) is 4.82. The molecule has 0 saturated heterocycles. The summed E-state index contributed by atoms with van der Waals surface area (Å²) in [6, 6.07) is 3.75. The van der Waals surface area contributed by atoms with Crippen LogP contribution in [0.25, 0.3) is 0 Å². The highest BCUT2D eigenvalue weighted by atomic mass is 19.1. The lowest BCUT2D eigenvalue weighted by Crippen LogP contribution is -2.25. The Morgan fingerprint density at radius 3 is 2.18 bits per heavy atom. The third-order valence-corrected chi connectivity index (χ3v) is 3.17. The quantitative estimate of drug-likeness (QED) is 0.805. The first-order valence-corrected chi connectivity index (χ1v) is 6.18. The van der Waals surface area contributed by atoms with Gasteiger partial charge in [0.15, 0.2) is 0 Å². The molecule has 17 heavy (non-hydrogen) atoms. The molecule has 0 heterocycles. The van der Waals surface area contributed by atoms with Crippen LogP contribution in [0.5, 0.6) is 0 Å². The van der Waals surface area contributed by atoms with Crippen LogP contribution >= 0.6 is 0 Å². The largest absolute Gasteiger partial charge is 0.317 e. The molecule has 2 unspecified atom stereocenters. The van der Waals surface area contributed by atoms with Gasteiger partial charge in [-0.15, -0.1) is 0 Å². The Kier molecular flexibility index (Phi) is 5.56. The van der Waals surface area contributed by atoms with E-state index in [1.165, 1.54) is 12.1 Å². The Morgan fingerprint density at radius 2 is 1.65 bits per heavy atom. The van der Waals surface area contributed by atoms with Gasteiger partial charge in [0.2, 0.25) is 0 Å². The number of nitrogens with one attached hydrogen (secondary N) is 1. The Bertz CT molecular complexity index is 332. The SMILES string of the molecule is CCNCC(C)C(C)Cc1cc(F)cc(F)c1. The minimum atomic E-state index is -0.494. The topological polar surface area (TPSA) is 12.0 Å². The molecule has 0 fully saturated rings. The highest BCUT2D eigenvalue weighted by Crippen LogP contribution is 2.18. The van der Waals surface area contributed by atoms with Crippen molar-refractivity contribution in [1.29, 1.82) is 0 Å². The molecule has 0 aliphatic heterocycles. The van der Waals surface area contributed by atoms with Gasteiger partial charge in [0.1, 0.15) is 11.6 Å². The van der Waals surface area contributed by atoms with Crippen LogP contribution in [0.2, 0.25) is 0 Å². The minimum Gasteiger partial charge on any atom is -0.317 e. The van der Waals surface area contributed by atoms with Crippen molar-refractivity contribution in [1.82, 2.24) is 5.32 Å². The van der Waals surface area contributed by atoms with Crippen molar-refractivity contribution in [3.8, 4) is 0 Å². The van der Waals surface area contributed by atoms with Crippen molar-refractivity contribution in [2.45, 2.75) is 27.2 Å². The predicted molar refractivity (Wildman–Crippen MR) is 66.9 cm³/mol. The first-order chi connectivity index (χ1) is 8.02. The Hall–Kier alpha value is -0.960. The van der Waals surface area contributed by atoms with E-state index < -0.39 is 11.6 Å². The number of hydrogen-bond donors (Lipinski definition) is 1. The van der Waals surface area contributed by atoms with Crippen LogP contribution in [0.3, 0.4) is 0 Å². The summed E-state index contributed by atoms with van der Waals surface area (Å²) in [6.45, 7) is 8.23.